The molecule has 1 heterocycles. The topological polar surface area (TPSA) is 69.6 Å². The molecule has 3 amide bonds. The summed E-state index contributed by atoms with van der Waals surface area (Å²) in [6.45, 7) is 0.175. The van der Waals surface area contributed by atoms with Crippen molar-refractivity contribution in [2.45, 2.75) is 6.54 Å². The van der Waals surface area contributed by atoms with Crippen LogP contribution in [0.3, 0.4) is 0 Å². The molecule has 2 aromatic carbocycles. The van der Waals surface area contributed by atoms with Gasteiger partial charge < -0.3 is 10.4 Å². The first kappa shape index (κ1) is 15.1. The van der Waals surface area contributed by atoms with Crippen LogP contribution in [0, 0.1) is 0 Å². The second-order valence-corrected chi connectivity index (χ2v) is 5.53. The molecule has 0 unspecified atom stereocenters. The lowest BCUT2D eigenvalue weighted by Crippen LogP contribution is -2.30. The fourth-order valence-electron chi connectivity index (χ4n) is 2.22. The maximum atomic E-state index is 12.4. The first-order chi connectivity index (χ1) is 11.0. The Morgan fingerprint density at radius 3 is 2.35 bits per heavy atom. The van der Waals surface area contributed by atoms with Crippen LogP contribution in [0.4, 0.5) is 4.79 Å². The van der Waals surface area contributed by atoms with E-state index in [0.717, 1.165) is 10.5 Å². The molecule has 23 heavy (non-hydrogen) atoms. The Bertz CT molecular complexity index is 782. The number of hydrogen-bond donors (Lipinski definition) is 2. The monoisotopic (exact) mass is 328 g/mol. The number of urea groups is 1. The van der Waals surface area contributed by atoms with Crippen LogP contribution in [-0.4, -0.2) is 21.9 Å². The van der Waals surface area contributed by atoms with E-state index in [-0.39, 0.29) is 18.0 Å². The van der Waals surface area contributed by atoms with Gasteiger partial charge in [-0.05, 0) is 41.5 Å². The molecule has 5 nitrogen and oxygen atoms in total. The van der Waals surface area contributed by atoms with Crippen molar-refractivity contribution in [3.63, 3.8) is 0 Å². The van der Waals surface area contributed by atoms with E-state index >= 15 is 0 Å². The molecule has 3 rings (SSSR count). The molecule has 0 radical (unpaired) electrons. The lowest BCUT2D eigenvalue weighted by Gasteiger charge is -2.11. The number of halogens is 1. The summed E-state index contributed by atoms with van der Waals surface area (Å²) in [7, 11) is 0. The lowest BCUT2D eigenvalue weighted by molar-refractivity contribution is -0.123. The SMILES string of the molecule is O=C1N/C(=C/c2ccc(O)cc2)C(=O)N1Cc1ccc(Cl)cc1. The van der Waals surface area contributed by atoms with E-state index in [1.807, 2.05) is 0 Å². The van der Waals surface area contributed by atoms with Crippen molar-refractivity contribution in [2.24, 2.45) is 0 Å². The minimum Gasteiger partial charge on any atom is -0.508 e. The summed E-state index contributed by atoms with van der Waals surface area (Å²) < 4.78 is 0. The highest BCUT2D eigenvalue weighted by atomic mass is 35.5. The van der Waals surface area contributed by atoms with Crippen molar-refractivity contribution in [1.82, 2.24) is 10.2 Å². The van der Waals surface area contributed by atoms with Crippen LogP contribution in [0.2, 0.25) is 5.02 Å². The van der Waals surface area contributed by atoms with Crippen molar-refractivity contribution in [1.29, 1.82) is 0 Å². The third-order valence-corrected chi connectivity index (χ3v) is 3.67. The van der Waals surface area contributed by atoms with Gasteiger partial charge in [0.2, 0.25) is 0 Å². The summed E-state index contributed by atoms with van der Waals surface area (Å²) in [5.74, 6) is -0.253. The molecule has 116 valence electrons. The van der Waals surface area contributed by atoms with E-state index in [0.29, 0.717) is 10.6 Å². The molecule has 1 saturated heterocycles. The molecule has 2 N–H and O–H groups in total. The van der Waals surface area contributed by atoms with Crippen LogP contribution in [0.15, 0.2) is 54.2 Å². The third kappa shape index (κ3) is 3.35. The minimum absolute atomic E-state index is 0.137. The Balaban J connectivity index is 1.79. The number of phenolic OH excluding ortho intramolecular Hbond substituents is 1. The summed E-state index contributed by atoms with van der Waals surface area (Å²) in [5, 5.41) is 12.4. The normalized spacial score (nSPS) is 16.0. The van der Waals surface area contributed by atoms with E-state index in [1.54, 1.807) is 42.5 Å². The molecule has 0 aromatic heterocycles. The molecule has 6 heteroatoms. The Morgan fingerprint density at radius 2 is 1.70 bits per heavy atom. The van der Waals surface area contributed by atoms with Gasteiger partial charge in [0.05, 0.1) is 6.54 Å². The first-order valence-electron chi connectivity index (χ1n) is 6.91. The van der Waals surface area contributed by atoms with Crippen molar-refractivity contribution in [3.05, 3.63) is 70.4 Å². The molecule has 1 aliphatic heterocycles. The van der Waals surface area contributed by atoms with Crippen LogP contribution in [0.25, 0.3) is 6.08 Å². The second-order valence-electron chi connectivity index (χ2n) is 5.10. The van der Waals surface area contributed by atoms with E-state index in [1.165, 1.54) is 12.1 Å². The summed E-state index contributed by atoms with van der Waals surface area (Å²) >= 11 is 5.82. The molecule has 2 aromatic rings. The number of amides is 3. The number of imide groups is 1. The molecule has 1 aliphatic rings. The summed E-state index contributed by atoms with van der Waals surface area (Å²) in [5.41, 5.74) is 1.72. The van der Waals surface area contributed by atoms with Crippen LogP contribution >= 0.6 is 11.6 Å². The minimum atomic E-state index is -0.463. The van der Waals surface area contributed by atoms with Gasteiger partial charge in [0, 0.05) is 5.02 Å². The number of carbonyl (C=O) groups excluding carboxylic acids is 2. The van der Waals surface area contributed by atoms with Gasteiger partial charge in [0.1, 0.15) is 11.4 Å². The molecular formula is C17H13ClN2O3. The van der Waals surface area contributed by atoms with Crippen molar-refractivity contribution >= 4 is 29.6 Å². The lowest BCUT2D eigenvalue weighted by atomic mass is 10.2. The summed E-state index contributed by atoms with van der Waals surface area (Å²) in [6.07, 6.45) is 1.57. The molecule has 1 fully saturated rings. The highest BCUT2D eigenvalue weighted by Crippen LogP contribution is 2.19. The first-order valence-corrected chi connectivity index (χ1v) is 7.29. The molecule has 0 bridgehead atoms. The fraction of sp³-hybridized carbons (Fsp3) is 0.0588. The second kappa shape index (κ2) is 6.14. The van der Waals surface area contributed by atoms with Gasteiger partial charge in [0.15, 0.2) is 0 Å². The van der Waals surface area contributed by atoms with Crippen LogP contribution in [0.5, 0.6) is 5.75 Å². The van der Waals surface area contributed by atoms with Crippen LogP contribution < -0.4 is 5.32 Å². The molecule has 0 spiro atoms. The number of phenols is 1. The van der Waals surface area contributed by atoms with Crippen molar-refractivity contribution in [3.8, 4) is 5.75 Å². The van der Waals surface area contributed by atoms with E-state index < -0.39 is 11.9 Å². The van der Waals surface area contributed by atoms with Crippen LogP contribution in [-0.2, 0) is 11.3 Å². The van der Waals surface area contributed by atoms with Gasteiger partial charge >= 0.3 is 6.03 Å². The highest BCUT2D eigenvalue weighted by Gasteiger charge is 2.33. The molecule has 0 aliphatic carbocycles. The summed E-state index contributed by atoms with van der Waals surface area (Å²) in [4.78, 5) is 25.5. The van der Waals surface area contributed by atoms with E-state index in [2.05, 4.69) is 5.32 Å². The smallest absolute Gasteiger partial charge is 0.329 e. The number of aromatic hydroxyl groups is 1. The van der Waals surface area contributed by atoms with Crippen LogP contribution in [0.1, 0.15) is 11.1 Å². The zero-order valence-electron chi connectivity index (χ0n) is 12.0. The molecule has 0 saturated carbocycles. The average molecular weight is 329 g/mol. The number of nitrogens with zero attached hydrogens (tertiary/aromatic N) is 1. The number of rotatable bonds is 3. The Hall–Kier alpha value is -2.79. The third-order valence-electron chi connectivity index (χ3n) is 3.42. The molecule has 0 atom stereocenters. The van der Waals surface area contributed by atoms with E-state index in [9.17, 15) is 14.7 Å². The fourth-order valence-corrected chi connectivity index (χ4v) is 2.35. The standard InChI is InChI=1S/C17H13ClN2O3/c18-13-5-1-12(2-6-13)10-20-16(22)15(19-17(20)23)9-11-3-7-14(21)8-4-11/h1-9,21H,10H2,(H,19,23)/b15-9+. The maximum Gasteiger partial charge on any atom is 0.329 e. The zero-order chi connectivity index (χ0) is 16.4. The quantitative estimate of drug-likeness (QED) is 0.671. The van der Waals surface area contributed by atoms with Gasteiger partial charge in [0.25, 0.3) is 5.91 Å². The number of carbonyl (C=O) groups is 2. The molecular weight excluding hydrogens is 316 g/mol. The number of nitrogens with one attached hydrogen (secondary N) is 1. The van der Waals surface area contributed by atoms with E-state index in [4.69, 9.17) is 11.6 Å². The predicted octanol–water partition coefficient (Wildman–Crippen LogP) is 3.14. The maximum absolute atomic E-state index is 12.4. The Morgan fingerprint density at radius 1 is 1.04 bits per heavy atom. The van der Waals surface area contributed by atoms with Gasteiger partial charge in [-0.3, -0.25) is 9.69 Å². The Kier molecular flexibility index (Phi) is 4.04. The largest absolute Gasteiger partial charge is 0.508 e. The highest BCUT2D eigenvalue weighted by molar-refractivity contribution is 6.30. The number of benzene rings is 2. The van der Waals surface area contributed by atoms with Gasteiger partial charge in [-0.2, -0.15) is 0 Å². The summed E-state index contributed by atoms with van der Waals surface area (Å²) in [6, 6.07) is 12.8. The van der Waals surface area contributed by atoms with Gasteiger partial charge in [-0.15, -0.1) is 0 Å². The van der Waals surface area contributed by atoms with Gasteiger partial charge in [-0.1, -0.05) is 35.9 Å². The van der Waals surface area contributed by atoms with Crippen molar-refractivity contribution < 1.29 is 14.7 Å². The zero-order valence-corrected chi connectivity index (χ0v) is 12.7. The Labute approximate surface area is 137 Å². The number of hydrogen-bond acceptors (Lipinski definition) is 3. The average Bonchev–Trinajstić information content (AvgIpc) is 2.79. The van der Waals surface area contributed by atoms with Gasteiger partial charge in [-0.25, -0.2) is 4.79 Å². The van der Waals surface area contributed by atoms with Crippen molar-refractivity contribution in [2.75, 3.05) is 0 Å². The predicted molar refractivity (Wildman–Crippen MR) is 86.6 cm³/mol.